The second kappa shape index (κ2) is 7.18. The minimum Gasteiger partial charge on any atom is -0.373 e. The Hall–Kier alpha value is -1.50. The number of thioether (sulfide) groups is 1. The van der Waals surface area contributed by atoms with Crippen molar-refractivity contribution in [3.8, 4) is 0 Å². The van der Waals surface area contributed by atoms with Crippen LogP contribution in [0.5, 0.6) is 0 Å². The predicted molar refractivity (Wildman–Crippen MR) is 81.3 cm³/mol. The van der Waals surface area contributed by atoms with Crippen molar-refractivity contribution >= 4 is 29.1 Å². The zero-order valence-corrected chi connectivity index (χ0v) is 12.5. The average molecular weight is 284 g/mol. The fourth-order valence-electron chi connectivity index (χ4n) is 1.80. The molecule has 1 unspecified atom stereocenters. The molecule has 0 aliphatic rings. The monoisotopic (exact) mass is 284 g/mol. The number of hydrogen-bond donors (Lipinski definition) is 1. The van der Waals surface area contributed by atoms with Crippen LogP contribution in [-0.2, 0) is 0 Å². The SMILES string of the molecule is CCC(CSC)N(C)c1cc([N+](=O)[O-])cc(NC)n1. The Bertz CT molecular complexity index is 442. The van der Waals surface area contributed by atoms with Crippen molar-refractivity contribution in [2.24, 2.45) is 0 Å². The van der Waals surface area contributed by atoms with Crippen molar-refractivity contribution in [2.75, 3.05) is 36.3 Å². The largest absolute Gasteiger partial charge is 0.373 e. The van der Waals surface area contributed by atoms with E-state index in [1.54, 1.807) is 18.8 Å². The summed E-state index contributed by atoms with van der Waals surface area (Å²) in [7, 11) is 3.63. The van der Waals surface area contributed by atoms with Crippen LogP contribution in [0.15, 0.2) is 12.1 Å². The molecule has 0 aromatic carbocycles. The molecule has 1 heterocycles. The molecule has 0 saturated carbocycles. The van der Waals surface area contributed by atoms with Gasteiger partial charge in [0.2, 0.25) is 0 Å². The van der Waals surface area contributed by atoms with Gasteiger partial charge in [-0.15, -0.1) is 0 Å². The summed E-state index contributed by atoms with van der Waals surface area (Å²) >= 11 is 1.76. The van der Waals surface area contributed by atoms with Crippen LogP contribution in [0.2, 0.25) is 0 Å². The number of hydrogen-bond acceptors (Lipinski definition) is 6. The third kappa shape index (κ3) is 3.99. The Morgan fingerprint density at radius 3 is 2.74 bits per heavy atom. The van der Waals surface area contributed by atoms with Crippen molar-refractivity contribution in [3.05, 3.63) is 22.2 Å². The molecule has 0 aliphatic heterocycles. The van der Waals surface area contributed by atoms with E-state index in [-0.39, 0.29) is 5.69 Å². The quantitative estimate of drug-likeness (QED) is 0.613. The highest BCUT2D eigenvalue weighted by Gasteiger charge is 2.18. The van der Waals surface area contributed by atoms with Crippen molar-refractivity contribution in [1.29, 1.82) is 0 Å². The third-order valence-electron chi connectivity index (χ3n) is 3.00. The van der Waals surface area contributed by atoms with E-state index in [0.717, 1.165) is 12.2 Å². The van der Waals surface area contributed by atoms with Crippen LogP contribution in [0, 0.1) is 10.1 Å². The van der Waals surface area contributed by atoms with Gasteiger partial charge < -0.3 is 10.2 Å². The number of nitrogens with one attached hydrogen (secondary N) is 1. The van der Waals surface area contributed by atoms with Crippen LogP contribution in [0.1, 0.15) is 13.3 Å². The van der Waals surface area contributed by atoms with Gasteiger partial charge in [0.05, 0.1) is 17.1 Å². The maximum absolute atomic E-state index is 10.9. The molecule has 0 radical (unpaired) electrons. The normalized spacial score (nSPS) is 12.0. The van der Waals surface area contributed by atoms with Gasteiger partial charge in [0.15, 0.2) is 0 Å². The summed E-state index contributed by atoms with van der Waals surface area (Å²) in [5, 5.41) is 13.8. The van der Waals surface area contributed by atoms with Crippen molar-refractivity contribution < 1.29 is 4.92 Å². The molecule has 0 amide bonds. The van der Waals surface area contributed by atoms with Gasteiger partial charge in [0, 0.05) is 25.9 Å². The molecule has 0 saturated heterocycles. The van der Waals surface area contributed by atoms with Gasteiger partial charge in [-0.1, -0.05) is 6.92 Å². The van der Waals surface area contributed by atoms with Crippen LogP contribution in [0.4, 0.5) is 17.3 Å². The molecular weight excluding hydrogens is 264 g/mol. The van der Waals surface area contributed by atoms with E-state index >= 15 is 0 Å². The molecule has 0 bridgehead atoms. The van der Waals surface area contributed by atoms with Gasteiger partial charge in [-0.25, -0.2) is 4.98 Å². The minimum atomic E-state index is -0.393. The summed E-state index contributed by atoms with van der Waals surface area (Å²) in [4.78, 5) is 16.9. The summed E-state index contributed by atoms with van der Waals surface area (Å²) < 4.78 is 0. The number of nitrogens with zero attached hydrogens (tertiary/aromatic N) is 3. The molecule has 1 aromatic heterocycles. The molecule has 7 heteroatoms. The van der Waals surface area contributed by atoms with Gasteiger partial charge >= 0.3 is 0 Å². The van der Waals surface area contributed by atoms with E-state index in [1.807, 2.05) is 11.9 Å². The Morgan fingerprint density at radius 2 is 2.26 bits per heavy atom. The lowest BCUT2D eigenvalue weighted by atomic mass is 10.2. The molecule has 106 valence electrons. The fourth-order valence-corrected chi connectivity index (χ4v) is 2.64. The van der Waals surface area contributed by atoms with Crippen LogP contribution >= 0.6 is 11.8 Å². The van der Waals surface area contributed by atoms with Crippen LogP contribution in [0.25, 0.3) is 0 Å². The number of pyridine rings is 1. The Labute approximate surface area is 117 Å². The average Bonchev–Trinajstić information content (AvgIpc) is 2.43. The van der Waals surface area contributed by atoms with Crippen molar-refractivity contribution in [3.63, 3.8) is 0 Å². The second-order valence-corrected chi connectivity index (χ2v) is 5.11. The lowest BCUT2D eigenvalue weighted by molar-refractivity contribution is -0.384. The zero-order chi connectivity index (χ0) is 14.4. The summed E-state index contributed by atoms with van der Waals surface area (Å²) in [5.74, 6) is 2.10. The molecule has 0 spiro atoms. The van der Waals surface area contributed by atoms with Gasteiger partial charge in [0.25, 0.3) is 5.69 Å². The van der Waals surface area contributed by atoms with Crippen LogP contribution in [0.3, 0.4) is 0 Å². The van der Waals surface area contributed by atoms with E-state index in [4.69, 9.17) is 0 Å². The van der Waals surface area contributed by atoms with E-state index in [1.165, 1.54) is 12.1 Å². The van der Waals surface area contributed by atoms with Gasteiger partial charge in [-0.3, -0.25) is 10.1 Å². The third-order valence-corrected chi connectivity index (χ3v) is 3.72. The lowest BCUT2D eigenvalue weighted by Gasteiger charge is -2.27. The van der Waals surface area contributed by atoms with Crippen LogP contribution < -0.4 is 10.2 Å². The van der Waals surface area contributed by atoms with E-state index in [9.17, 15) is 10.1 Å². The summed E-state index contributed by atoms with van der Waals surface area (Å²) in [6.07, 6.45) is 3.02. The van der Waals surface area contributed by atoms with Crippen LogP contribution in [-0.4, -0.2) is 42.1 Å². The number of aromatic nitrogens is 1. The van der Waals surface area contributed by atoms with E-state index in [0.29, 0.717) is 17.7 Å². The highest BCUT2D eigenvalue weighted by Crippen LogP contribution is 2.24. The molecular formula is C12H20N4O2S. The molecule has 0 aliphatic carbocycles. The topological polar surface area (TPSA) is 71.3 Å². The molecule has 0 fully saturated rings. The van der Waals surface area contributed by atoms with Crippen molar-refractivity contribution in [2.45, 2.75) is 19.4 Å². The first-order valence-corrected chi connectivity index (χ1v) is 7.48. The number of rotatable bonds is 7. The van der Waals surface area contributed by atoms with Crippen molar-refractivity contribution in [1.82, 2.24) is 4.98 Å². The number of anilines is 2. The first kappa shape index (κ1) is 15.6. The Morgan fingerprint density at radius 1 is 1.58 bits per heavy atom. The molecule has 1 aromatic rings. The summed E-state index contributed by atoms with van der Waals surface area (Å²) in [6.45, 7) is 2.10. The zero-order valence-electron chi connectivity index (χ0n) is 11.7. The summed E-state index contributed by atoms with van der Waals surface area (Å²) in [5.41, 5.74) is 0.0557. The molecule has 1 rings (SSSR count). The lowest BCUT2D eigenvalue weighted by Crippen LogP contribution is -2.33. The predicted octanol–water partition coefficient (Wildman–Crippen LogP) is 2.61. The fraction of sp³-hybridized carbons (Fsp3) is 0.583. The van der Waals surface area contributed by atoms with Gasteiger partial charge in [-0.2, -0.15) is 11.8 Å². The maximum atomic E-state index is 10.9. The smallest absolute Gasteiger partial charge is 0.276 e. The highest BCUT2D eigenvalue weighted by molar-refractivity contribution is 7.98. The van der Waals surface area contributed by atoms with E-state index in [2.05, 4.69) is 23.5 Å². The first-order valence-electron chi connectivity index (χ1n) is 6.09. The second-order valence-electron chi connectivity index (χ2n) is 4.20. The van der Waals surface area contributed by atoms with E-state index < -0.39 is 4.92 Å². The Balaban J connectivity index is 3.10. The molecule has 6 nitrogen and oxygen atoms in total. The van der Waals surface area contributed by atoms with Gasteiger partial charge in [-0.05, 0) is 12.7 Å². The summed E-state index contributed by atoms with van der Waals surface area (Å²) in [6, 6.07) is 3.27. The number of nitro groups is 1. The molecule has 1 N–H and O–H groups in total. The van der Waals surface area contributed by atoms with Gasteiger partial charge in [0.1, 0.15) is 11.6 Å². The first-order chi connectivity index (χ1) is 9.03. The molecule has 19 heavy (non-hydrogen) atoms. The Kier molecular flexibility index (Phi) is 5.88. The minimum absolute atomic E-state index is 0.0557. The highest BCUT2D eigenvalue weighted by atomic mass is 32.2. The molecule has 1 atom stereocenters. The maximum Gasteiger partial charge on any atom is 0.276 e. The standard InChI is InChI=1S/C12H20N4O2S/c1-5-9(8-19-4)15(3)12-7-10(16(17)18)6-11(13-2)14-12/h6-7,9H,5,8H2,1-4H3,(H,13,14).